The van der Waals surface area contributed by atoms with Crippen molar-refractivity contribution in [2.24, 2.45) is 0 Å². The Labute approximate surface area is 300 Å². The van der Waals surface area contributed by atoms with Crippen molar-refractivity contribution >= 4 is 11.9 Å². The van der Waals surface area contributed by atoms with Gasteiger partial charge in [-0.05, 0) is 80.9 Å². The van der Waals surface area contributed by atoms with Gasteiger partial charge in [-0.25, -0.2) is 9.78 Å². The number of carbonyl (C=O) groups is 2. The number of rotatable bonds is 20. The number of pyridine rings is 1. The summed E-state index contributed by atoms with van der Waals surface area (Å²) in [7, 11) is 1.81. The van der Waals surface area contributed by atoms with Crippen LogP contribution in [0.5, 0.6) is 0 Å². The van der Waals surface area contributed by atoms with Crippen LogP contribution >= 0.6 is 0 Å². The molecule has 0 saturated carbocycles. The maximum absolute atomic E-state index is 13.0. The fourth-order valence-corrected chi connectivity index (χ4v) is 5.61. The summed E-state index contributed by atoms with van der Waals surface area (Å²) in [6.45, 7) is 14.5. The molecule has 1 heterocycles. The van der Waals surface area contributed by atoms with Crippen LogP contribution in [0.4, 0.5) is 0 Å². The van der Waals surface area contributed by atoms with Crippen molar-refractivity contribution in [2.45, 2.75) is 79.2 Å². The van der Waals surface area contributed by atoms with Crippen molar-refractivity contribution in [1.82, 2.24) is 14.8 Å². The van der Waals surface area contributed by atoms with E-state index >= 15 is 0 Å². The molecule has 7 nitrogen and oxygen atoms in total. The van der Waals surface area contributed by atoms with E-state index in [1.165, 1.54) is 49.7 Å². The van der Waals surface area contributed by atoms with Gasteiger partial charge in [-0.15, -0.1) is 0 Å². The van der Waals surface area contributed by atoms with E-state index < -0.39 is 18.7 Å². The molecular formula is C43H55N3O4. The Kier molecular flexibility index (Phi) is 17.8. The Hall–Kier alpha value is -4.51. The van der Waals surface area contributed by atoms with E-state index in [0.29, 0.717) is 24.3 Å². The summed E-state index contributed by atoms with van der Waals surface area (Å²) in [6, 6.07) is 20.6. The number of aromatic nitrogens is 1. The molecule has 266 valence electrons. The third-order valence-corrected chi connectivity index (χ3v) is 8.44. The quantitative estimate of drug-likeness (QED) is 0.0390. The van der Waals surface area contributed by atoms with E-state index in [4.69, 9.17) is 9.47 Å². The summed E-state index contributed by atoms with van der Waals surface area (Å²) in [5, 5.41) is 0. The molecule has 2 aromatic carbocycles. The number of esters is 2. The normalized spacial score (nSPS) is 11.3. The molecule has 3 rings (SSSR count). The van der Waals surface area contributed by atoms with Gasteiger partial charge >= 0.3 is 11.9 Å². The molecule has 0 saturated heterocycles. The number of ether oxygens (including phenoxy) is 2. The summed E-state index contributed by atoms with van der Waals surface area (Å²) in [4.78, 5) is 33.8. The smallest absolute Gasteiger partial charge is 0.359 e. The van der Waals surface area contributed by atoms with Crippen molar-refractivity contribution in [2.75, 3.05) is 40.0 Å². The Morgan fingerprint density at radius 3 is 2.12 bits per heavy atom. The molecule has 0 aliphatic heterocycles. The first-order chi connectivity index (χ1) is 24.2. The van der Waals surface area contributed by atoms with Gasteiger partial charge in [0.25, 0.3) is 0 Å². The van der Waals surface area contributed by atoms with Crippen LogP contribution in [-0.2, 0) is 27.2 Å². The van der Waals surface area contributed by atoms with E-state index in [2.05, 4.69) is 85.5 Å². The maximum Gasteiger partial charge on any atom is 0.359 e. The average Bonchev–Trinajstić information content (AvgIpc) is 3.11. The van der Waals surface area contributed by atoms with E-state index in [1.807, 2.05) is 43.1 Å². The molecule has 0 aliphatic rings. The maximum atomic E-state index is 13.0. The molecular weight excluding hydrogens is 622 g/mol. The van der Waals surface area contributed by atoms with E-state index in [-0.39, 0.29) is 12.2 Å². The summed E-state index contributed by atoms with van der Waals surface area (Å²) in [5.41, 5.74) is 7.13. The lowest BCUT2D eigenvalue weighted by atomic mass is 10.00. The van der Waals surface area contributed by atoms with E-state index in [9.17, 15) is 9.59 Å². The number of hydrogen-bond acceptors (Lipinski definition) is 7. The van der Waals surface area contributed by atoms with Gasteiger partial charge in [-0.3, -0.25) is 14.6 Å². The third kappa shape index (κ3) is 14.5. The van der Waals surface area contributed by atoms with Crippen LogP contribution in [0.2, 0.25) is 0 Å². The minimum Gasteiger partial charge on any atom is -0.427 e. The number of nitrogens with zero attached hydrogens (tertiary/aromatic N) is 3. The van der Waals surface area contributed by atoms with Crippen LogP contribution in [0.3, 0.4) is 0 Å². The largest absolute Gasteiger partial charge is 0.427 e. The number of benzene rings is 2. The lowest BCUT2D eigenvalue weighted by Gasteiger charge is -2.18. The SMILES string of the molecule is C=C/C=C(\C)CN(C)CC(=O)OCOC(=O)c1cc(C#Cc2ccc(-c3ccc(CCCCCCCC)cc3)cc2)cc(CN(CC)CC)n1. The van der Waals surface area contributed by atoms with Crippen molar-refractivity contribution in [3.63, 3.8) is 0 Å². The molecule has 50 heavy (non-hydrogen) atoms. The second-order valence-electron chi connectivity index (χ2n) is 12.7. The Balaban J connectivity index is 1.64. The molecule has 0 atom stereocenters. The zero-order valence-corrected chi connectivity index (χ0v) is 30.8. The van der Waals surface area contributed by atoms with Crippen molar-refractivity contribution in [1.29, 1.82) is 0 Å². The van der Waals surface area contributed by atoms with Crippen LogP contribution in [0.15, 0.2) is 85.0 Å². The molecule has 0 aliphatic carbocycles. The standard InChI is InChI=1S/C43H55N3O4/c1-7-11-12-13-14-15-17-35-20-24-38(25-21-35)39-26-22-36(23-27-39)18-19-37-28-40(31-46(9-3)10-4)44-41(29-37)43(48)50-33-49-42(47)32-45(6)30-34(5)16-8-2/h8,16,20-29H,2,7,9-15,17,30-33H2,1,3-6H3/b34-16+. The Morgan fingerprint density at radius 2 is 1.46 bits per heavy atom. The lowest BCUT2D eigenvalue weighted by Crippen LogP contribution is -2.29. The van der Waals surface area contributed by atoms with Gasteiger partial charge in [-0.2, -0.15) is 0 Å². The third-order valence-electron chi connectivity index (χ3n) is 8.44. The number of hydrogen-bond donors (Lipinski definition) is 0. The first kappa shape index (κ1) is 39.9. The molecule has 0 fully saturated rings. The number of carbonyl (C=O) groups excluding carboxylic acids is 2. The molecule has 0 spiro atoms. The highest BCUT2D eigenvalue weighted by molar-refractivity contribution is 5.87. The molecule has 1 aromatic heterocycles. The average molecular weight is 678 g/mol. The monoisotopic (exact) mass is 677 g/mol. The fourth-order valence-electron chi connectivity index (χ4n) is 5.61. The van der Waals surface area contributed by atoms with Gasteiger partial charge in [0.2, 0.25) is 6.79 Å². The van der Waals surface area contributed by atoms with E-state index in [0.717, 1.165) is 36.2 Å². The van der Waals surface area contributed by atoms with Gasteiger partial charge in [0.1, 0.15) is 5.69 Å². The van der Waals surface area contributed by atoms with Crippen LogP contribution in [0.25, 0.3) is 11.1 Å². The first-order valence-corrected chi connectivity index (χ1v) is 18.0. The minimum absolute atomic E-state index is 0.0593. The predicted molar refractivity (Wildman–Crippen MR) is 204 cm³/mol. The Bertz CT molecular complexity index is 1600. The number of likely N-dealkylation sites (N-methyl/N-ethyl adjacent to an activating group) is 1. The molecule has 3 aromatic rings. The second-order valence-corrected chi connectivity index (χ2v) is 12.7. The number of allylic oxidation sites excluding steroid dienone is 2. The van der Waals surface area contributed by atoms with Gasteiger partial charge < -0.3 is 9.47 Å². The highest BCUT2D eigenvalue weighted by Gasteiger charge is 2.15. The van der Waals surface area contributed by atoms with Gasteiger partial charge in [-0.1, -0.05) is 125 Å². The molecule has 0 unspecified atom stereocenters. The zero-order chi connectivity index (χ0) is 36.1. The lowest BCUT2D eigenvalue weighted by molar-refractivity contribution is -0.153. The van der Waals surface area contributed by atoms with Gasteiger partial charge in [0.05, 0.1) is 12.2 Å². The van der Waals surface area contributed by atoms with Gasteiger partial charge in [0.15, 0.2) is 0 Å². The molecule has 0 radical (unpaired) electrons. The number of aryl methyl sites for hydroxylation is 1. The Morgan fingerprint density at radius 1 is 0.820 bits per heavy atom. The molecule has 7 heteroatoms. The second kappa shape index (κ2) is 22.3. The van der Waals surface area contributed by atoms with E-state index in [1.54, 1.807) is 12.1 Å². The van der Waals surface area contributed by atoms with Crippen LogP contribution in [-0.4, -0.2) is 66.7 Å². The van der Waals surface area contributed by atoms with Crippen molar-refractivity contribution < 1.29 is 19.1 Å². The van der Waals surface area contributed by atoms with Crippen LogP contribution in [0.1, 0.15) is 99.1 Å². The van der Waals surface area contributed by atoms with Crippen LogP contribution < -0.4 is 0 Å². The highest BCUT2D eigenvalue weighted by Crippen LogP contribution is 2.21. The summed E-state index contributed by atoms with van der Waals surface area (Å²) in [6.07, 6.45) is 12.6. The zero-order valence-electron chi connectivity index (χ0n) is 30.8. The molecule has 0 N–H and O–H groups in total. The van der Waals surface area contributed by atoms with Crippen molar-refractivity contribution in [3.8, 4) is 23.0 Å². The first-order valence-electron chi connectivity index (χ1n) is 18.0. The topological polar surface area (TPSA) is 72.0 Å². The summed E-state index contributed by atoms with van der Waals surface area (Å²) in [5.74, 6) is 5.28. The fraction of sp³-hybridized carbons (Fsp3) is 0.419. The predicted octanol–water partition coefficient (Wildman–Crippen LogP) is 8.61. The molecule has 0 amide bonds. The summed E-state index contributed by atoms with van der Waals surface area (Å²) < 4.78 is 10.4. The van der Waals surface area contributed by atoms with Gasteiger partial charge in [0, 0.05) is 24.2 Å². The van der Waals surface area contributed by atoms with Crippen molar-refractivity contribution in [3.05, 3.63) is 113 Å². The minimum atomic E-state index is -0.678. The van der Waals surface area contributed by atoms with Crippen LogP contribution in [0, 0.1) is 11.8 Å². The number of unbranched alkanes of at least 4 members (excludes halogenated alkanes) is 5. The molecule has 0 bridgehead atoms. The summed E-state index contributed by atoms with van der Waals surface area (Å²) >= 11 is 0. The highest BCUT2D eigenvalue weighted by atomic mass is 16.7.